The molecule has 2 aromatic rings. The van der Waals surface area contributed by atoms with Crippen molar-refractivity contribution in [1.82, 2.24) is 0 Å². The van der Waals surface area contributed by atoms with Gasteiger partial charge in [-0.3, -0.25) is 14.9 Å². The number of nitrogens with zero attached hydrogens (tertiary/aromatic N) is 1. The maximum Gasteiger partial charge on any atom is 0.269 e. The van der Waals surface area contributed by atoms with E-state index in [1.54, 1.807) is 0 Å². The second-order valence-corrected chi connectivity index (χ2v) is 5.47. The van der Waals surface area contributed by atoms with Crippen LogP contribution in [0.15, 0.2) is 36.4 Å². The monoisotopic (exact) mass is 342 g/mol. The molecule has 0 spiro atoms. The average Bonchev–Trinajstić information content (AvgIpc) is 3.06. The van der Waals surface area contributed by atoms with Crippen molar-refractivity contribution in [3.05, 3.63) is 63.2 Å². The fourth-order valence-corrected chi connectivity index (χ4v) is 2.53. The smallest absolute Gasteiger partial charge is 0.269 e. The molecule has 0 amide bonds. The Balaban J connectivity index is 2.06. The molecule has 1 aliphatic rings. The molecule has 0 N–H and O–H groups in total. The van der Waals surface area contributed by atoms with E-state index in [0.717, 1.165) is 0 Å². The van der Waals surface area contributed by atoms with Gasteiger partial charge in [0, 0.05) is 35.1 Å². The number of nitro groups is 1. The number of fused-ring (bicyclic) bond motifs is 1. The van der Waals surface area contributed by atoms with Crippen LogP contribution in [-0.4, -0.2) is 23.5 Å². The van der Waals surface area contributed by atoms with Crippen molar-refractivity contribution in [1.29, 1.82) is 0 Å². The van der Waals surface area contributed by atoms with Crippen LogP contribution in [0.4, 0.5) is 5.69 Å². The van der Waals surface area contributed by atoms with Crippen molar-refractivity contribution >= 4 is 17.4 Å². The van der Waals surface area contributed by atoms with Gasteiger partial charge in [0.2, 0.25) is 6.79 Å². The number of carbonyl (C=O) groups excluding carboxylic acids is 2. The molecule has 1 atom stereocenters. The van der Waals surface area contributed by atoms with Gasteiger partial charge in [-0.25, -0.2) is 0 Å². The lowest BCUT2D eigenvalue weighted by Gasteiger charge is -2.17. The summed E-state index contributed by atoms with van der Waals surface area (Å²) < 4.78 is 10.5. The summed E-state index contributed by atoms with van der Waals surface area (Å²) in [7, 11) is 0. The largest absolute Gasteiger partial charge is 0.550 e. The maximum atomic E-state index is 12.8. The molecule has 8 nitrogen and oxygen atoms in total. The van der Waals surface area contributed by atoms with E-state index >= 15 is 0 Å². The molecule has 3 rings (SSSR count). The number of hydrogen-bond acceptors (Lipinski definition) is 7. The summed E-state index contributed by atoms with van der Waals surface area (Å²) in [6.07, 6.45) is 0. The highest BCUT2D eigenvalue weighted by Gasteiger charge is 2.25. The molecular weight excluding hydrogens is 330 g/mol. The predicted octanol–water partition coefficient (Wildman–Crippen LogP) is 1.41. The SMILES string of the molecule is CC(C(=O)[O-])c1cc2c(cc1C(=O)c1ccc([N+](=O)[O-])cc1)OCO2. The second-order valence-electron chi connectivity index (χ2n) is 5.47. The molecule has 1 aliphatic heterocycles. The number of nitro benzene ring substituents is 1. The molecule has 0 saturated heterocycles. The summed E-state index contributed by atoms with van der Waals surface area (Å²) in [4.78, 5) is 34.2. The first-order valence-corrected chi connectivity index (χ1v) is 7.32. The van der Waals surface area contributed by atoms with Crippen LogP contribution >= 0.6 is 0 Å². The van der Waals surface area contributed by atoms with Crippen LogP contribution in [0.5, 0.6) is 11.5 Å². The van der Waals surface area contributed by atoms with E-state index < -0.39 is 22.6 Å². The summed E-state index contributed by atoms with van der Waals surface area (Å²) in [5.74, 6) is -2.18. The quantitative estimate of drug-likeness (QED) is 0.458. The van der Waals surface area contributed by atoms with E-state index in [9.17, 15) is 24.8 Å². The first-order chi connectivity index (χ1) is 11.9. The van der Waals surface area contributed by atoms with Gasteiger partial charge in [-0.1, -0.05) is 6.92 Å². The van der Waals surface area contributed by atoms with Gasteiger partial charge in [0.25, 0.3) is 5.69 Å². The molecule has 0 bridgehead atoms. The number of rotatable bonds is 5. The summed E-state index contributed by atoms with van der Waals surface area (Å²) in [6.45, 7) is 1.38. The summed E-state index contributed by atoms with van der Waals surface area (Å²) >= 11 is 0. The third-order valence-electron chi connectivity index (χ3n) is 3.95. The van der Waals surface area contributed by atoms with Gasteiger partial charge in [-0.05, 0) is 29.8 Å². The second kappa shape index (κ2) is 6.23. The third kappa shape index (κ3) is 3.01. The Morgan fingerprint density at radius 2 is 1.72 bits per heavy atom. The van der Waals surface area contributed by atoms with Gasteiger partial charge in [0.05, 0.1) is 4.92 Å². The lowest BCUT2D eigenvalue weighted by Crippen LogP contribution is -2.29. The molecule has 0 saturated carbocycles. The topological polar surface area (TPSA) is 119 Å². The van der Waals surface area contributed by atoms with Crippen molar-refractivity contribution < 1.29 is 29.1 Å². The van der Waals surface area contributed by atoms with Gasteiger partial charge < -0.3 is 19.4 Å². The summed E-state index contributed by atoms with van der Waals surface area (Å²) in [5, 5.41) is 22.0. The minimum atomic E-state index is -1.34. The highest BCUT2D eigenvalue weighted by molar-refractivity contribution is 6.11. The fraction of sp³-hybridized carbons (Fsp3) is 0.176. The Bertz CT molecular complexity index is 873. The molecular formula is C17H12NO7-. The van der Waals surface area contributed by atoms with E-state index in [2.05, 4.69) is 0 Å². The number of benzene rings is 2. The van der Waals surface area contributed by atoms with Crippen LogP contribution in [0.3, 0.4) is 0 Å². The van der Waals surface area contributed by atoms with Crippen LogP contribution in [0, 0.1) is 10.1 Å². The predicted molar refractivity (Wildman–Crippen MR) is 82.5 cm³/mol. The maximum absolute atomic E-state index is 12.8. The van der Waals surface area contributed by atoms with E-state index in [-0.39, 0.29) is 29.2 Å². The molecule has 0 radical (unpaired) electrons. The number of carbonyl (C=O) groups is 2. The van der Waals surface area contributed by atoms with Gasteiger partial charge in [0.15, 0.2) is 17.3 Å². The lowest BCUT2D eigenvalue weighted by atomic mass is 9.90. The summed E-state index contributed by atoms with van der Waals surface area (Å²) in [5.41, 5.74) is 0.393. The molecule has 0 fully saturated rings. The van der Waals surface area contributed by atoms with E-state index in [0.29, 0.717) is 11.5 Å². The molecule has 1 heterocycles. The first kappa shape index (κ1) is 16.4. The molecule has 8 heteroatoms. The van der Waals surface area contributed by atoms with Crippen LogP contribution in [0.25, 0.3) is 0 Å². The zero-order valence-corrected chi connectivity index (χ0v) is 13.1. The van der Waals surface area contributed by atoms with Gasteiger partial charge >= 0.3 is 0 Å². The van der Waals surface area contributed by atoms with Crippen molar-refractivity contribution in [3.63, 3.8) is 0 Å². The zero-order valence-electron chi connectivity index (χ0n) is 13.1. The molecule has 25 heavy (non-hydrogen) atoms. The zero-order chi connectivity index (χ0) is 18.1. The average molecular weight is 342 g/mol. The first-order valence-electron chi connectivity index (χ1n) is 7.32. The Labute approximate surface area is 141 Å². The number of carboxylic acid groups (broad SMARTS) is 1. The van der Waals surface area contributed by atoms with Crippen molar-refractivity contribution in [2.75, 3.05) is 6.79 Å². The lowest BCUT2D eigenvalue weighted by molar-refractivity contribution is -0.384. The Morgan fingerprint density at radius 1 is 1.12 bits per heavy atom. The van der Waals surface area contributed by atoms with E-state index in [1.165, 1.54) is 43.3 Å². The van der Waals surface area contributed by atoms with E-state index in [4.69, 9.17) is 9.47 Å². The number of ketones is 1. The van der Waals surface area contributed by atoms with Crippen LogP contribution in [-0.2, 0) is 4.79 Å². The Kier molecular flexibility index (Phi) is 4.10. The fourth-order valence-electron chi connectivity index (χ4n) is 2.53. The molecule has 2 aromatic carbocycles. The Hall–Kier alpha value is -3.42. The number of hydrogen-bond donors (Lipinski definition) is 0. The number of aliphatic carboxylic acids is 1. The molecule has 1 unspecified atom stereocenters. The van der Waals surface area contributed by atoms with Crippen LogP contribution in [0.1, 0.15) is 34.3 Å². The van der Waals surface area contributed by atoms with Gasteiger partial charge in [0.1, 0.15) is 0 Å². The van der Waals surface area contributed by atoms with Crippen molar-refractivity contribution in [3.8, 4) is 11.5 Å². The van der Waals surface area contributed by atoms with Crippen LogP contribution < -0.4 is 14.6 Å². The standard InChI is InChI=1S/C17H13NO7/c1-9(17(20)21)12-6-14-15(25-8-24-14)7-13(12)16(19)10-2-4-11(5-3-10)18(22)23/h2-7,9H,8H2,1H3,(H,20,21)/p-1. The van der Waals surface area contributed by atoms with E-state index in [1.807, 2.05) is 0 Å². The van der Waals surface area contributed by atoms with Gasteiger partial charge in [-0.2, -0.15) is 0 Å². The molecule has 128 valence electrons. The third-order valence-corrected chi connectivity index (χ3v) is 3.95. The number of carboxylic acids is 1. The van der Waals surface area contributed by atoms with Crippen molar-refractivity contribution in [2.45, 2.75) is 12.8 Å². The Morgan fingerprint density at radius 3 is 2.28 bits per heavy atom. The highest BCUT2D eigenvalue weighted by atomic mass is 16.7. The van der Waals surface area contributed by atoms with Crippen molar-refractivity contribution in [2.24, 2.45) is 0 Å². The normalized spacial score (nSPS) is 13.3. The minimum Gasteiger partial charge on any atom is -0.550 e. The van der Waals surface area contributed by atoms with Crippen LogP contribution in [0.2, 0.25) is 0 Å². The summed E-state index contributed by atoms with van der Waals surface area (Å²) in [6, 6.07) is 7.92. The molecule has 0 aromatic heterocycles. The van der Waals surface area contributed by atoms with Gasteiger partial charge in [-0.15, -0.1) is 0 Å². The minimum absolute atomic E-state index is 0.0242. The highest BCUT2D eigenvalue weighted by Crippen LogP contribution is 2.38. The number of ether oxygens (including phenoxy) is 2. The molecule has 0 aliphatic carbocycles. The number of non-ortho nitro benzene ring substituents is 1.